The summed E-state index contributed by atoms with van der Waals surface area (Å²) < 4.78 is 0. The summed E-state index contributed by atoms with van der Waals surface area (Å²) in [6.45, 7) is 0. The van der Waals surface area contributed by atoms with Gasteiger partial charge in [0, 0.05) is 29.5 Å². The first-order valence-corrected chi connectivity index (χ1v) is 5.64. The Morgan fingerprint density at radius 2 is 2.11 bits per heavy atom. The highest BCUT2D eigenvalue weighted by atomic mass is 14.9. The molecule has 0 unspecified atom stereocenters. The van der Waals surface area contributed by atoms with Gasteiger partial charge in [-0.1, -0.05) is 0 Å². The van der Waals surface area contributed by atoms with Crippen molar-refractivity contribution in [1.82, 2.24) is 24.9 Å². The molecule has 2 N–H and O–H groups in total. The van der Waals surface area contributed by atoms with E-state index < -0.39 is 0 Å². The summed E-state index contributed by atoms with van der Waals surface area (Å²) in [5.74, 6) is 0.831. The Bertz CT molecular complexity index is 809. The van der Waals surface area contributed by atoms with E-state index in [-0.39, 0.29) is 0 Å². The highest BCUT2D eigenvalue weighted by Gasteiger charge is 2.10. The van der Waals surface area contributed by atoms with Crippen LogP contribution in [0.5, 0.6) is 0 Å². The highest BCUT2D eigenvalue weighted by Crippen LogP contribution is 2.26. The minimum atomic E-state index is 0.831. The molecule has 0 aromatic carbocycles. The molecule has 18 heavy (non-hydrogen) atoms. The summed E-state index contributed by atoms with van der Waals surface area (Å²) in [4.78, 5) is 19.3. The number of hydrogen-bond donors (Lipinski definition) is 2. The van der Waals surface area contributed by atoms with Crippen LogP contribution in [-0.2, 0) is 0 Å². The van der Waals surface area contributed by atoms with Crippen molar-refractivity contribution in [2.75, 3.05) is 0 Å². The molecule has 4 aromatic rings. The van der Waals surface area contributed by atoms with E-state index in [0.717, 1.165) is 33.5 Å². The maximum absolute atomic E-state index is 4.54. The molecule has 0 aliphatic heterocycles. The van der Waals surface area contributed by atoms with Crippen LogP contribution >= 0.6 is 0 Å². The van der Waals surface area contributed by atoms with E-state index in [0.29, 0.717) is 0 Å². The van der Waals surface area contributed by atoms with Gasteiger partial charge in [0.15, 0.2) is 0 Å². The number of fused-ring (bicyclic) bond motifs is 2. The molecule has 0 aliphatic carbocycles. The Kier molecular flexibility index (Phi) is 1.77. The molecule has 0 amide bonds. The van der Waals surface area contributed by atoms with Crippen LogP contribution in [0.15, 0.2) is 43.0 Å². The third-order valence-corrected chi connectivity index (χ3v) is 2.99. The summed E-state index contributed by atoms with van der Waals surface area (Å²) in [5, 5.41) is 1.06. The molecule has 86 valence electrons. The van der Waals surface area contributed by atoms with Gasteiger partial charge in [0.25, 0.3) is 0 Å². The average molecular weight is 235 g/mol. The Morgan fingerprint density at radius 1 is 1.11 bits per heavy atom. The highest BCUT2D eigenvalue weighted by molar-refractivity contribution is 5.93. The third kappa shape index (κ3) is 1.24. The van der Waals surface area contributed by atoms with Gasteiger partial charge in [-0.2, -0.15) is 0 Å². The maximum atomic E-state index is 4.54. The first kappa shape index (κ1) is 9.35. The molecule has 0 radical (unpaired) electrons. The molecule has 0 spiro atoms. The molecule has 4 aromatic heterocycles. The second-order valence-corrected chi connectivity index (χ2v) is 4.08. The molecule has 0 atom stereocenters. The van der Waals surface area contributed by atoms with Crippen molar-refractivity contribution in [3.63, 3.8) is 0 Å². The van der Waals surface area contributed by atoms with Gasteiger partial charge in [-0.05, 0) is 18.2 Å². The van der Waals surface area contributed by atoms with Gasteiger partial charge < -0.3 is 9.97 Å². The van der Waals surface area contributed by atoms with Crippen LogP contribution in [0.1, 0.15) is 0 Å². The fourth-order valence-electron chi connectivity index (χ4n) is 2.14. The van der Waals surface area contributed by atoms with Gasteiger partial charge in [-0.25, -0.2) is 9.97 Å². The standard InChI is InChI=1S/C13H9N5/c1-2-8-9(6-16-12(8)15-4-1)13-17-10-3-5-14-7-11(10)18-13/h1-7H,(H,15,16)(H,17,18). The number of hydrogen-bond acceptors (Lipinski definition) is 3. The molecular formula is C13H9N5. The van der Waals surface area contributed by atoms with Crippen LogP contribution < -0.4 is 0 Å². The number of pyridine rings is 2. The van der Waals surface area contributed by atoms with E-state index in [1.54, 1.807) is 18.6 Å². The van der Waals surface area contributed by atoms with Crippen LogP contribution in [0.25, 0.3) is 33.5 Å². The van der Waals surface area contributed by atoms with Crippen molar-refractivity contribution in [3.8, 4) is 11.4 Å². The maximum Gasteiger partial charge on any atom is 0.140 e. The van der Waals surface area contributed by atoms with Crippen LogP contribution in [0, 0.1) is 0 Å². The fourth-order valence-corrected chi connectivity index (χ4v) is 2.14. The van der Waals surface area contributed by atoms with E-state index in [1.807, 2.05) is 24.4 Å². The Hall–Kier alpha value is -2.69. The molecule has 4 rings (SSSR count). The first-order valence-electron chi connectivity index (χ1n) is 5.64. The summed E-state index contributed by atoms with van der Waals surface area (Å²) in [6.07, 6.45) is 7.19. The predicted molar refractivity (Wildman–Crippen MR) is 69.0 cm³/mol. The van der Waals surface area contributed by atoms with Crippen molar-refractivity contribution in [3.05, 3.63) is 43.0 Å². The van der Waals surface area contributed by atoms with Gasteiger partial charge in [-0.15, -0.1) is 0 Å². The zero-order valence-corrected chi connectivity index (χ0v) is 9.38. The lowest BCUT2D eigenvalue weighted by atomic mass is 10.2. The summed E-state index contributed by atoms with van der Waals surface area (Å²) in [5.41, 5.74) is 3.74. The largest absolute Gasteiger partial charge is 0.345 e. The van der Waals surface area contributed by atoms with E-state index >= 15 is 0 Å². The number of nitrogens with zero attached hydrogens (tertiary/aromatic N) is 3. The molecule has 5 heteroatoms. The molecule has 0 bridgehead atoms. The van der Waals surface area contributed by atoms with Crippen molar-refractivity contribution < 1.29 is 0 Å². The number of H-pyrrole nitrogens is 2. The Balaban J connectivity index is 2.01. The van der Waals surface area contributed by atoms with Crippen LogP contribution in [-0.4, -0.2) is 24.9 Å². The third-order valence-electron chi connectivity index (χ3n) is 2.99. The second-order valence-electron chi connectivity index (χ2n) is 4.08. The second kappa shape index (κ2) is 3.40. The smallest absolute Gasteiger partial charge is 0.140 e. The lowest BCUT2D eigenvalue weighted by molar-refractivity contribution is 1.31. The first-order chi connectivity index (χ1) is 8.92. The minimum Gasteiger partial charge on any atom is -0.345 e. The molecule has 0 saturated carbocycles. The zero-order valence-electron chi connectivity index (χ0n) is 9.38. The number of aromatic nitrogens is 5. The molecule has 0 aliphatic rings. The van der Waals surface area contributed by atoms with Crippen molar-refractivity contribution in [2.45, 2.75) is 0 Å². The number of aromatic amines is 2. The van der Waals surface area contributed by atoms with E-state index in [9.17, 15) is 0 Å². The van der Waals surface area contributed by atoms with Gasteiger partial charge in [0.1, 0.15) is 17.0 Å². The van der Waals surface area contributed by atoms with Crippen LogP contribution in [0.3, 0.4) is 0 Å². The van der Waals surface area contributed by atoms with E-state index in [1.165, 1.54) is 0 Å². The zero-order chi connectivity index (χ0) is 11.9. The van der Waals surface area contributed by atoms with Gasteiger partial charge in [0.05, 0.1) is 11.7 Å². The minimum absolute atomic E-state index is 0.831. The molecule has 0 fully saturated rings. The average Bonchev–Trinajstić information content (AvgIpc) is 3.02. The normalized spacial score (nSPS) is 11.3. The van der Waals surface area contributed by atoms with Crippen molar-refractivity contribution >= 4 is 22.1 Å². The number of rotatable bonds is 1. The Labute approximate surface area is 102 Å². The van der Waals surface area contributed by atoms with Gasteiger partial charge in [0.2, 0.25) is 0 Å². The van der Waals surface area contributed by atoms with E-state index in [4.69, 9.17) is 0 Å². The lowest BCUT2D eigenvalue weighted by Crippen LogP contribution is -1.78. The molecular weight excluding hydrogens is 226 g/mol. The van der Waals surface area contributed by atoms with Crippen LogP contribution in [0.2, 0.25) is 0 Å². The number of imidazole rings is 1. The Morgan fingerprint density at radius 3 is 3.06 bits per heavy atom. The van der Waals surface area contributed by atoms with Gasteiger partial charge >= 0.3 is 0 Å². The molecule has 4 heterocycles. The monoisotopic (exact) mass is 235 g/mol. The SMILES string of the molecule is c1cnc2[nH]cc(-c3nc4cnccc4[nH]3)c2c1. The molecule has 0 saturated heterocycles. The van der Waals surface area contributed by atoms with E-state index in [2.05, 4.69) is 24.9 Å². The summed E-state index contributed by atoms with van der Waals surface area (Å²) in [7, 11) is 0. The van der Waals surface area contributed by atoms with Gasteiger partial charge in [-0.3, -0.25) is 4.98 Å². The summed E-state index contributed by atoms with van der Waals surface area (Å²) in [6, 6.07) is 5.86. The number of nitrogens with one attached hydrogen (secondary N) is 2. The lowest BCUT2D eigenvalue weighted by Gasteiger charge is -1.92. The quantitative estimate of drug-likeness (QED) is 0.532. The van der Waals surface area contributed by atoms with Crippen molar-refractivity contribution in [2.24, 2.45) is 0 Å². The topological polar surface area (TPSA) is 70.2 Å². The predicted octanol–water partition coefficient (Wildman–Crippen LogP) is 2.50. The van der Waals surface area contributed by atoms with Crippen molar-refractivity contribution in [1.29, 1.82) is 0 Å². The molecule has 5 nitrogen and oxygen atoms in total. The summed E-state index contributed by atoms with van der Waals surface area (Å²) >= 11 is 0. The van der Waals surface area contributed by atoms with Crippen LogP contribution in [0.4, 0.5) is 0 Å². The fraction of sp³-hybridized carbons (Fsp3) is 0.